The molecular weight excluding hydrogens is 254 g/mol. The Kier molecular flexibility index (Phi) is 6.00. The van der Waals surface area contributed by atoms with Crippen molar-refractivity contribution in [2.45, 2.75) is 12.7 Å². The van der Waals surface area contributed by atoms with Gasteiger partial charge in [0, 0.05) is 11.3 Å². The lowest BCUT2D eigenvalue weighted by Crippen LogP contribution is -2.09. The van der Waals surface area contributed by atoms with Crippen molar-refractivity contribution in [2.75, 3.05) is 12.4 Å². The molecule has 0 saturated heterocycles. The molecule has 1 rings (SSSR count). The molecule has 1 aromatic rings. The molecule has 0 aliphatic carbocycles. The molecule has 1 aromatic carbocycles. The molecule has 0 amide bonds. The van der Waals surface area contributed by atoms with Crippen molar-refractivity contribution in [1.29, 1.82) is 0 Å². The van der Waals surface area contributed by atoms with Gasteiger partial charge >= 0.3 is 5.97 Å². The molecule has 0 atom stereocenters. The average Bonchev–Trinajstić information content (AvgIpc) is 2.30. The van der Waals surface area contributed by atoms with E-state index in [-0.39, 0.29) is 5.97 Å². The second kappa shape index (κ2) is 7.29. The van der Waals surface area contributed by atoms with E-state index in [0.717, 1.165) is 16.9 Å². The highest BCUT2D eigenvalue weighted by molar-refractivity contribution is 7.99. The van der Waals surface area contributed by atoms with Crippen LogP contribution in [0.5, 0.6) is 0 Å². The summed E-state index contributed by atoms with van der Waals surface area (Å²) in [5, 5.41) is 0. The molecule has 92 valence electrons. The van der Waals surface area contributed by atoms with Gasteiger partial charge in [0.1, 0.15) is 4.99 Å². The normalized spacial score (nSPS) is 9.94. The molecule has 0 bridgehead atoms. The lowest BCUT2D eigenvalue weighted by atomic mass is 10.1. The van der Waals surface area contributed by atoms with Gasteiger partial charge in [-0.2, -0.15) is 0 Å². The molecular formula is C12H15NO2S2. The Hall–Kier alpha value is -1.07. The molecule has 0 saturated carbocycles. The predicted octanol–water partition coefficient (Wildman–Crippen LogP) is 2.12. The lowest BCUT2D eigenvalue weighted by molar-refractivity contribution is -0.139. The highest BCUT2D eigenvalue weighted by atomic mass is 32.2. The summed E-state index contributed by atoms with van der Waals surface area (Å²) < 4.78 is 4.84. The SMILES string of the molecule is CCOC(=O)CSCc1ccc(C(N)=S)cc1. The molecule has 0 heterocycles. The maximum absolute atomic E-state index is 11.1. The smallest absolute Gasteiger partial charge is 0.315 e. The fourth-order valence-electron chi connectivity index (χ4n) is 1.22. The molecule has 0 spiro atoms. The van der Waals surface area contributed by atoms with Crippen LogP contribution in [0.3, 0.4) is 0 Å². The van der Waals surface area contributed by atoms with E-state index in [2.05, 4.69) is 0 Å². The highest BCUT2D eigenvalue weighted by Gasteiger charge is 2.02. The number of nitrogens with two attached hydrogens (primary N) is 1. The van der Waals surface area contributed by atoms with Crippen molar-refractivity contribution in [1.82, 2.24) is 0 Å². The first-order valence-electron chi connectivity index (χ1n) is 5.25. The van der Waals surface area contributed by atoms with Gasteiger partial charge in [0.15, 0.2) is 0 Å². The number of benzene rings is 1. The third kappa shape index (κ3) is 5.19. The highest BCUT2D eigenvalue weighted by Crippen LogP contribution is 2.13. The number of ether oxygens (including phenoxy) is 1. The number of thioether (sulfide) groups is 1. The second-order valence-electron chi connectivity index (χ2n) is 3.36. The topological polar surface area (TPSA) is 52.3 Å². The Bertz CT molecular complexity index is 390. The van der Waals surface area contributed by atoms with Gasteiger partial charge in [-0.3, -0.25) is 4.79 Å². The monoisotopic (exact) mass is 269 g/mol. The van der Waals surface area contributed by atoms with Crippen LogP contribution in [0.1, 0.15) is 18.1 Å². The summed E-state index contributed by atoms with van der Waals surface area (Å²) in [4.78, 5) is 11.5. The van der Waals surface area contributed by atoms with E-state index in [0.29, 0.717) is 17.3 Å². The van der Waals surface area contributed by atoms with Crippen molar-refractivity contribution in [3.05, 3.63) is 35.4 Å². The van der Waals surface area contributed by atoms with Gasteiger partial charge in [-0.15, -0.1) is 11.8 Å². The largest absolute Gasteiger partial charge is 0.465 e. The number of hydrogen-bond donors (Lipinski definition) is 1. The zero-order valence-electron chi connectivity index (χ0n) is 9.64. The van der Waals surface area contributed by atoms with E-state index in [1.54, 1.807) is 6.92 Å². The molecule has 0 aliphatic rings. The molecule has 0 aromatic heterocycles. The Balaban J connectivity index is 2.37. The van der Waals surface area contributed by atoms with Crippen LogP contribution in [0, 0.1) is 0 Å². The second-order valence-corrected chi connectivity index (χ2v) is 4.78. The van der Waals surface area contributed by atoms with E-state index < -0.39 is 0 Å². The summed E-state index contributed by atoms with van der Waals surface area (Å²) in [6.07, 6.45) is 0. The fraction of sp³-hybridized carbons (Fsp3) is 0.333. The van der Waals surface area contributed by atoms with Crippen molar-refractivity contribution in [2.24, 2.45) is 5.73 Å². The van der Waals surface area contributed by atoms with E-state index >= 15 is 0 Å². The van der Waals surface area contributed by atoms with E-state index in [9.17, 15) is 4.79 Å². The van der Waals surface area contributed by atoms with Crippen LogP contribution in [0.2, 0.25) is 0 Å². The van der Waals surface area contributed by atoms with Crippen molar-refractivity contribution in [3.8, 4) is 0 Å². The standard InChI is InChI=1S/C12H15NO2S2/c1-2-15-11(14)8-17-7-9-3-5-10(6-4-9)12(13)16/h3-6H,2,7-8H2,1H3,(H2,13,16). The van der Waals surface area contributed by atoms with Crippen LogP contribution in [0.4, 0.5) is 0 Å². The van der Waals surface area contributed by atoms with Crippen molar-refractivity contribution in [3.63, 3.8) is 0 Å². The number of rotatable bonds is 6. The van der Waals surface area contributed by atoms with Crippen LogP contribution in [0.15, 0.2) is 24.3 Å². The Morgan fingerprint density at radius 3 is 2.59 bits per heavy atom. The minimum atomic E-state index is -0.169. The third-order valence-electron chi connectivity index (χ3n) is 2.03. The summed E-state index contributed by atoms with van der Waals surface area (Å²) in [7, 11) is 0. The van der Waals surface area contributed by atoms with E-state index in [4.69, 9.17) is 22.7 Å². The number of carbonyl (C=O) groups is 1. The molecule has 17 heavy (non-hydrogen) atoms. The number of esters is 1. The first kappa shape index (κ1) is 14.0. The Morgan fingerprint density at radius 1 is 1.41 bits per heavy atom. The summed E-state index contributed by atoms with van der Waals surface area (Å²) in [6.45, 7) is 2.24. The summed E-state index contributed by atoms with van der Waals surface area (Å²) in [5.41, 5.74) is 7.50. The van der Waals surface area contributed by atoms with Gasteiger partial charge in [0.2, 0.25) is 0 Å². The predicted molar refractivity (Wildman–Crippen MR) is 75.1 cm³/mol. The molecule has 2 N–H and O–H groups in total. The molecule has 0 aliphatic heterocycles. The minimum Gasteiger partial charge on any atom is -0.465 e. The van der Waals surface area contributed by atoms with Crippen molar-refractivity contribution >= 4 is 34.9 Å². The van der Waals surface area contributed by atoms with E-state index in [1.165, 1.54) is 11.8 Å². The van der Waals surface area contributed by atoms with Gasteiger partial charge in [-0.1, -0.05) is 36.5 Å². The van der Waals surface area contributed by atoms with Gasteiger partial charge in [-0.25, -0.2) is 0 Å². The quantitative estimate of drug-likeness (QED) is 0.633. The van der Waals surface area contributed by atoms with Crippen LogP contribution in [-0.4, -0.2) is 23.3 Å². The zero-order chi connectivity index (χ0) is 12.7. The van der Waals surface area contributed by atoms with Crippen LogP contribution in [-0.2, 0) is 15.3 Å². The molecule has 3 nitrogen and oxygen atoms in total. The Labute approximate surface area is 111 Å². The van der Waals surface area contributed by atoms with Gasteiger partial charge in [0.05, 0.1) is 12.4 Å². The lowest BCUT2D eigenvalue weighted by Gasteiger charge is -2.03. The van der Waals surface area contributed by atoms with E-state index in [1.807, 2.05) is 24.3 Å². The molecule has 0 radical (unpaired) electrons. The fourth-order valence-corrected chi connectivity index (χ4v) is 2.14. The van der Waals surface area contributed by atoms with Crippen LogP contribution >= 0.6 is 24.0 Å². The summed E-state index contributed by atoms with van der Waals surface area (Å²) in [6, 6.07) is 7.71. The van der Waals surface area contributed by atoms with Crippen LogP contribution < -0.4 is 5.73 Å². The average molecular weight is 269 g/mol. The maximum Gasteiger partial charge on any atom is 0.315 e. The number of carbonyl (C=O) groups excluding carboxylic acids is 1. The van der Waals surface area contributed by atoms with Crippen LogP contribution in [0.25, 0.3) is 0 Å². The first-order chi connectivity index (χ1) is 8.13. The zero-order valence-corrected chi connectivity index (χ0v) is 11.3. The first-order valence-corrected chi connectivity index (χ1v) is 6.82. The number of thiocarbonyl (C=S) groups is 1. The van der Waals surface area contributed by atoms with Gasteiger partial charge in [0.25, 0.3) is 0 Å². The molecule has 0 unspecified atom stereocenters. The molecule has 5 heteroatoms. The number of hydrogen-bond acceptors (Lipinski definition) is 4. The minimum absolute atomic E-state index is 0.169. The molecule has 0 fully saturated rings. The van der Waals surface area contributed by atoms with Gasteiger partial charge in [-0.05, 0) is 12.5 Å². The third-order valence-corrected chi connectivity index (χ3v) is 3.25. The van der Waals surface area contributed by atoms with Gasteiger partial charge < -0.3 is 10.5 Å². The maximum atomic E-state index is 11.1. The Morgan fingerprint density at radius 2 is 2.06 bits per heavy atom. The summed E-state index contributed by atoms with van der Waals surface area (Å²) in [5.74, 6) is 0.985. The van der Waals surface area contributed by atoms with Crippen molar-refractivity contribution < 1.29 is 9.53 Å². The summed E-state index contributed by atoms with van der Waals surface area (Å²) >= 11 is 6.40.